The van der Waals surface area contributed by atoms with E-state index in [1.54, 1.807) is 38.6 Å². The van der Waals surface area contributed by atoms with Crippen LogP contribution < -0.4 is 5.73 Å². The largest absolute Gasteiger partial charge is 0.478 e. The first-order chi connectivity index (χ1) is 14.3. The number of amidine groups is 1. The molecule has 3 rings (SSSR count). The maximum absolute atomic E-state index is 11.9. The van der Waals surface area contributed by atoms with Crippen molar-refractivity contribution in [1.29, 1.82) is 0 Å². The summed E-state index contributed by atoms with van der Waals surface area (Å²) in [6.07, 6.45) is 5.49. The van der Waals surface area contributed by atoms with E-state index in [1.807, 2.05) is 0 Å². The molecule has 2 heterocycles. The molecule has 4 N–H and O–H groups in total. The zero-order chi connectivity index (χ0) is 22.7. The first-order valence-electron chi connectivity index (χ1n) is 9.12. The summed E-state index contributed by atoms with van der Waals surface area (Å²) in [4.78, 5) is 36.4. The maximum atomic E-state index is 11.9. The third-order valence-corrected chi connectivity index (χ3v) is 4.55. The average Bonchev–Trinajstić information content (AvgIpc) is 3.22. The van der Waals surface area contributed by atoms with Gasteiger partial charge in [0, 0.05) is 32.3 Å². The molecule has 2 aliphatic heterocycles. The van der Waals surface area contributed by atoms with Crippen LogP contribution in [0.1, 0.15) is 33.6 Å². The number of carboxylic acids is 1. The van der Waals surface area contributed by atoms with Crippen molar-refractivity contribution >= 4 is 24.1 Å². The second kappa shape index (κ2) is 11.9. The number of aliphatic hydroxyl groups is 1. The summed E-state index contributed by atoms with van der Waals surface area (Å²) in [5.74, 6) is -0.829. The molecule has 3 atom stereocenters. The molecule has 1 fully saturated rings. The zero-order valence-corrected chi connectivity index (χ0v) is 17.2. The van der Waals surface area contributed by atoms with Crippen LogP contribution in [0.4, 0.5) is 4.79 Å². The number of hydrogen-bond acceptors (Lipinski definition) is 7. The number of carbonyl (C=O) groups excluding carboxylic acids is 2. The molecule has 1 aromatic carbocycles. The Bertz CT molecular complexity index is 809. The summed E-state index contributed by atoms with van der Waals surface area (Å²) in [7, 11) is 4.43. The first-order valence-corrected chi connectivity index (χ1v) is 9.12. The number of aldehydes is 1. The van der Waals surface area contributed by atoms with Gasteiger partial charge in [-0.2, -0.15) is 4.48 Å². The standard InChI is InChI=1S/C11H17N3O3.C8H6O3.CH4O/c1-14(6-5-9(12)13-11(14)15)10-4-3-8(17-10)7-16-2;9-5-6-3-1-2-4-7(6)8(10)11;1-2/h5-6,8,10H,3-4,7H2,1-2H3,(H-,12,13,15);1-5H,(H,10,11);2H,1H3/p+1. The lowest BCUT2D eigenvalue weighted by Crippen LogP contribution is -2.53. The number of benzene rings is 1. The zero-order valence-electron chi connectivity index (χ0n) is 17.2. The molecule has 0 radical (unpaired) electrons. The molecule has 1 saturated heterocycles. The fourth-order valence-electron chi connectivity index (χ4n) is 2.95. The van der Waals surface area contributed by atoms with Crippen molar-refractivity contribution in [2.24, 2.45) is 10.7 Å². The van der Waals surface area contributed by atoms with Crippen molar-refractivity contribution in [3.63, 3.8) is 0 Å². The van der Waals surface area contributed by atoms with Crippen LogP contribution in [-0.4, -0.2) is 79.0 Å². The third-order valence-electron chi connectivity index (χ3n) is 4.55. The van der Waals surface area contributed by atoms with E-state index in [2.05, 4.69) is 4.99 Å². The molecular weight excluding hydrogens is 394 g/mol. The number of carboxylic acid groups (broad SMARTS) is 1. The van der Waals surface area contributed by atoms with Gasteiger partial charge in [-0.1, -0.05) is 18.2 Å². The first kappa shape index (κ1) is 25.1. The van der Waals surface area contributed by atoms with Crippen LogP contribution in [-0.2, 0) is 9.47 Å². The summed E-state index contributed by atoms with van der Waals surface area (Å²) in [6, 6.07) is 5.78. The van der Waals surface area contributed by atoms with Crippen molar-refractivity contribution in [2.75, 3.05) is 27.9 Å². The molecule has 0 saturated carbocycles. The topological polar surface area (TPSA) is 149 Å². The molecule has 1 aromatic rings. The van der Waals surface area contributed by atoms with Crippen LogP contribution >= 0.6 is 0 Å². The molecule has 30 heavy (non-hydrogen) atoms. The van der Waals surface area contributed by atoms with Gasteiger partial charge in [0.25, 0.3) is 0 Å². The number of methoxy groups -OCH3 is 1. The van der Waals surface area contributed by atoms with Gasteiger partial charge in [-0.05, 0) is 12.5 Å². The quantitative estimate of drug-likeness (QED) is 0.476. The highest BCUT2D eigenvalue weighted by molar-refractivity contribution is 5.99. The van der Waals surface area contributed by atoms with Crippen LogP contribution in [0.15, 0.2) is 41.5 Å². The SMILES string of the molecule is CO.COCC1CCC([N+]2(C)C=CC(N)=NC2=O)O1.O=Cc1ccccc1C(=O)O. The number of aliphatic hydroxyl groups excluding tert-OH is 1. The molecule has 0 aliphatic carbocycles. The van der Waals surface area contributed by atoms with Crippen molar-refractivity contribution < 1.29 is 38.6 Å². The number of rotatable bonds is 5. The number of nitrogens with zero attached hydrogens (tertiary/aromatic N) is 2. The van der Waals surface area contributed by atoms with Crippen molar-refractivity contribution in [3.05, 3.63) is 47.7 Å². The van der Waals surface area contributed by atoms with Gasteiger partial charge >= 0.3 is 12.0 Å². The fourth-order valence-corrected chi connectivity index (χ4v) is 2.95. The second-order valence-corrected chi connectivity index (χ2v) is 6.54. The molecule has 2 aliphatic rings. The Labute approximate surface area is 174 Å². The highest BCUT2D eigenvalue weighted by atomic mass is 16.6. The van der Waals surface area contributed by atoms with Gasteiger partial charge in [-0.3, -0.25) is 4.79 Å². The van der Waals surface area contributed by atoms with Gasteiger partial charge in [-0.15, -0.1) is 4.99 Å². The number of hydrogen-bond donors (Lipinski definition) is 3. The Kier molecular flexibility index (Phi) is 9.99. The van der Waals surface area contributed by atoms with Crippen LogP contribution in [0.5, 0.6) is 0 Å². The fraction of sp³-hybridized carbons (Fsp3) is 0.400. The lowest BCUT2D eigenvalue weighted by molar-refractivity contribution is -0.830. The third kappa shape index (κ3) is 6.29. The number of nitrogens with two attached hydrogens (primary N) is 1. The monoisotopic (exact) mass is 422 g/mol. The molecule has 10 nitrogen and oxygen atoms in total. The van der Waals surface area contributed by atoms with Crippen LogP contribution in [0.3, 0.4) is 0 Å². The van der Waals surface area contributed by atoms with E-state index in [1.165, 1.54) is 12.1 Å². The summed E-state index contributed by atoms with van der Waals surface area (Å²) in [5, 5.41) is 15.5. The van der Waals surface area contributed by atoms with E-state index in [0.29, 0.717) is 12.9 Å². The summed E-state index contributed by atoms with van der Waals surface area (Å²) in [6.45, 7) is 0.555. The van der Waals surface area contributed by atoms with Gasteiger partial charge in [0.1, 0.15) is 12.0 Å². The Hall–Kier alpha value is -2.92. The van der Waals surface area contributed by atoms with Gasteiger partial charge < -0.3 is 25.4 Å². The van der Waals surface area contributed by atoms with E-state index in [4.69, 9.17) is 25.4 Å². The number of ether oxygens (including phenoxy) is 2. The summed E-state index contributed by atoms with van der Waals surface area (Å²) < 4.78 is 10.9. The van der Waals surface area contributed by atoms with E-state index in [9.17, 15) is 14.4 Å². The lowest BCUT2D eigenvalue weighted by Gasteiger charge is -2.32. The van der Waals surface area contributed by atoms with Gasteiger partial charge in [0.15, 0.2) is 6.29 Å². The Morgan fingerprint density at radius 3 is 2.57 bits per heavy atom. The summed E-state index contributed by atoms with van der Waals surface area (Å²) >= 11 is 0. The van der Waals surface area contributed by atoms with Gasteiger partial charge in [-0.25, -0.2) is 9.59 Å². The van der Waals surface area contributed by atoms with E-state index >= 15 is 0 Å². The van der Waals surface area contributed by atoms with E-state index < -0.39 is 5.97 Å². The van der Waals surface area contributed by atoms with Crippen LogP contribution in [0, 0.1) is 0 Å². The second-order valence-electron chi connectivity index (χ2n) is 6.54. The Balaban J connectivity index is 0.000000300. The van der Waals surface area contributed by atoms with Crippen LogP contribution in [0.2, 0.25) is 0 Å². The predicted octanol–water partition coefficient (Wildman–Crippen LogP) is 1.39. The summed E-state index contributed by atoms with van der Waals surface area (Å²) in [5.41, 5.74) is 5.74. The average molecular weight is 422 g/mol. The number of aromatic carboxylic acids is 1. The van der Waals surface area contributed by atoms with Crippen molar-refractivity contribution in [1.82, 2.24) is 0 Å². The molecule has 0 spiro atoms. The smallest absolute Gasteiger partial charge is 0.451 e. The maximum Gasteiger partial charge on any atom is 0.451 e. The number of carbonyl (C=O) groups is 3. The van der Waals surface area contributed by atoms with Crippen LogP contribution in [0.25, 0.3) is 0 Å². The van der Waals surface area contributed by atoms with E-state index in [-0.39, 0.29) is 39.8 Å². The molecular formula is C20H28N3O7+. The molecule has 3 unspecified atom stereocenters. The van der Waals surface area contributed by atoms with Gasteiger partial charge in [0.2, 0.25) is 6.23 Å². The van der Waals surface area contributed by atoms with Crippen molar-refractivity contribution in [3.8, 4) is 0 Å². The number of urea groups is 1. The number of aliphatic imine (C=N–C) groups is 1. The Morgan fingerprint density at radius 2 is 2.03 bits per heavy atom. The minimum absolute atomic E-state index is 0.0287. The highest BCUT2D eigenvalue weighted by Crippen LogP contribution is 2.29. The molecule has 2 amide bonds. The minimum atomic E-state index is -1.08. The molecule has 164 valence electrons. The van der Waals surface area contributed by atoms with Crippen molar-refractivity contribution in [2.45, 2.75) is 25.2 Å². The Morgan fingerprint density at radius 1 is 1.37 bits per heavy atom. The number of quaternary nitrogens is 1. The lowest BCUT2D eigenvalue weighted by atomic mass is 10.1. The molecule has 10 heteroatoms. The highest BCUT2D eigenvalue weighted by Gasteiger charge is 2.45. The van der Waals surface area contributed by atoms with E-state index in [0.717, 1.165) is 20.0 Å². The molecule has 0 bridgehead atoms. The molecule has 0 aromatic heterocycles. The predicted molar refractivity (Wildman–Crippen MR) is 109 cm³/mol. The van der Waals surface area contributed by atoms with Gasteiger partial charge in [0.05, 0.1) is 25.3 Å². The normalized spacial score (nSPS) is 24.7. The number of amides is 2. The minimum Gasteiger partial charge on any atom is -0.478 e.